The van der Waals surface area contributed by atoms with Crippen molar-refractivity contribution in [3.8, 4) is 6.01 Å². The van der Waals surface area contributed by atoms with Crippen molar-refractivity contribution in [2.24, 2.45) is 0 Å². The van der Waals surface area contributed by atoms with Gasteiger partial charge in [0.15, 0.2) is 0 Å². The van der Waals surface area contributed by atoms with Crippen LogP contribution in [0.3, 0.4) is 0 Å². The lowest BCUT2D eigenvalue weighted by molar-refractivity contribution is 0.192. The van der Waals surface area contributed by atoms with E-state index in [9.17, 15) is 0 Å². The van der Waals surface area contributed by atoms with Crippen LogP contribution in [0.25, 0.3) is 0 Å². The van der Waals surface area contributed by atoms with Gasteiger partial charge in [-0.1, -0.05) is 0 Å². The number of unbranched alkanes of at least 4 members (excludes halogenated alkanes) is 2. The number of aromatic nitrogens is 3. The van der Waals surface area contributed by atoms with E-state index in [1.165, 1.54) is 7.11 Å². The molecule has 7 heteroatoms. The second kappa shape index (κ2) is 7.61. The third kappa shape index (κ3) is 5.30. The first kappa shape index (κ1) is 13.4. The molecule has 1 aromatic heterocycles. The van der Waals surface area contributed by atoms with Gasteiger partial charge in [0.2, 0.25) is 11.9 Å². The lowest BCUT2D eigenvalue weighted by Gasteiger charge is -2.06. The molecular weight excluding hydrogens is 222 g/mol. The molecule has 0 spiro atoms. The first-order valence-corrected chi connectivity index (χ1v) is 5.54. The first-order valence-electron chi connectivity index (χ1n) is 5.54. The van der Waals surface area contributed by atoms with E-state index in [1.54, 1.807) is 7.11 Å². The molecule has 0 aliphatic heterocycles. The Hall–Kier alpha value is -1.63. The molecule has 1 aromatic rings. The molecule has 0 unspecified atom stereocenters. The summed E-state index contributed by atoms with van der Waals surface area (Å²) in [4.78, 5) is 11.8. The molecule has 0 fully saturated rings. The molecule has 0 radical (unpaired) electrons. The van der Waals surface area contributed by atoms with Crippen LogP contribution in [-0.4, -0.2) is 42.3 Å². The summed E-state index contributed by atoms with van der Waals surface area (Å²) in [5, 5.41) is 3.07. The molecule has 17 heavy (non-hydrogen) atoms. The van der Waals surface area contributed by atoms with Gasteiger partial charge >= 0.3 is 6.01 Å². The Labute approximate surface area is 101 Å². The maximum absolute atomic E-state index is 5.51. The van der Waals surface area contributed by atoms with Crippen LogP contribution in [0.4, 0.5) is 11.9 Å². The average molecular weight is 241 g/mol. The quantitative estimate of drug-likeness (QED) is 0.646. The zero-order valence-corrected chi connectivity index (χ0v) is 10.3. The Morgan fingerprint density at radius 3 is 2.65 bits per heavy atom. The van der Waals surface area contributed by atoms with Gasteiger partial charge in [0.25, 0.3) is 0 Å². The zero-order valence-electron chi connectivity index (χ0n) is 10.3. The second-order valence-corrected chi connectivity index (χ2v) is 3.48. The predicted molar refractivity (Wildman–Crippen MR) is 65.0 cm³/mol. The highest BCUT2D eigenvalue weighted by Crippen LogP contribution is 2.08. The summed E-state index contributed by atoms with van der Waals surface area (Å²) in [5.41, 5.74) is 5.51. The number of nitrogens with two attached hydrogens (primary N) is 1. The normalized spacial score (nSPS) is 10.2. The minimum atomic E-state index is 0.152. The number of anilines is 2. The minimum absolute atomic E-state index is 0.152. The Balaban J connectivity index is 2.28. The third-order valence-corrected chi connectivity index (χ3v) is 2.12. The van der Waals surface area contributed by atoms with Crippen molar-refractivity contribution in [1.29, 1.82) is 0 Å². The summed E-state index contributed by atoms with van der Waals surface area (Å²) in [7, 11) is 3.20. The fourth-order valence-electron chi connectivity index (χ4n) is 1.29. The van der Waals surface area contributed by atoms with Crippen molar-refractivity contribution in [3.05, 3.63) is 0 Å². The van der Waals surface area contributed by atoms with Gasteiger partial charge in [0, 0.05) is 20.3 Å². The lowest BCUT2D eigenvalue weighted by Crippen LogP contribution is -2.09. The highest BCUT2D eigenvalue weighted by atomic mass is 16.5. The molecule has 0 aliphatic carbocycles. The molecule has 7 nitrogen and oxygen atoms in total. The Morgan fingerprint density at radius 1 is 1.12 bits per heavy atom. The van der Waals surface area contributed by atoms with Crippen molar-refractivity contribution < 1.29 is 9.47 Å². The summed E-state index contributed by atoms with van der Waals surface area (Å²) < 4.78 is 9.86. The van der Waals surface area contributed by atoms with E-state index in [4.69, 9.17) is 15.2 Å². The SMILES string of the molecule is COCCCCCNc1nc(N)nc(OC)n1. The summed E-state index contributed by atoms with van der Waals surface area (Å²) in [6.07, 6.45) is 3.18. The molecule has 0 bridgehead atoms. The van der Waals surface area contributed by atoms with Crippen LogP contribution in [0.2, 0.25) is 0 Å². The number of hydrogen-bond donors (Lipinski definition) is 2. The molecule has 3 N–H and O–H groups in total. The fraction of sp³-hybridized carbons (Fsp3) is 0.700. The molecule has 0 aliphatic rings. The van der Waals surface area contributed by atoms with Crippen LogP contribution in [0.1, 0.15) is 19.3 Å². The van der Waals surface area contributed by atoms with Crippen LogP contribution in [-0.2, 0) is 4.74 Å². The van der Waals surface area contributed by atoms with Gasteiger partial charge < -0.3 is 20.5 Å². The van der Waals surface area contributed by atoms with E-state index < -0.39 is 0 Å². The molecule has 1 rings (SSSR count). The van der Waals surface area contributed by atoms with Gasteiger partial charge in [0.05, 0.1) is 7.11 Å². The summed E-state index contributed by atoms with van der Waals surface area (Å²) in [6, 6.07) is 0.222. The van der Waals surface area contributed by atoms with E-state index in [0.717, 1.165) is 32.4 Å². The number of nitrogens with one attached hydrogen (secondary N) is 1. The molecule has 0 amide bonds. The summed E-state index contributed by atoms with van der Waals surface area (Å²) in [5.74, 6) is 0.597. The monoisotopic (exact) mass is 241 g/mol. The first-order chi connectivity index (χ1) is 8.26. The van der Waals surface area contributed by atoms with E-state index in [2.05, 4.69) is 20.3 Å². The van der Waals surface area contributed by atoms with Crippen molar-refractivity contribution in [3.63, 3.8) is 0 Å². The van der Waals surface area contributed by atoms with E-state index in [0.29, 0.717) is 5.95 Å². The Morgan fingerprint density at radius 2 is 1.94 bits per heavy atom. The van der Waals surface area contributed by atoms with Crippen LogP contribution in [0.15, 0.2) is 0 Å². The fourth-order valence-corrected chi connectivity index (χ4v) is 1.29. The van der Waals surface area contributed by atoms with Crippen LogP contribution >= 0.6 is 0 Å². The molecular formula is C10H19N5O2. The minimum Gasteiger partial charge on any atom is -0.467 e. The molecule has 0 aromatic carbocycles. The van der Waals surface area contributed by atoms with Crippen LogP contribution < -0.4 is 15.8 Å². The van der Waals surface area contributed by atoms with Gasteiger partial charge in [-0.25, -0.2) is 0 Å². The molecule has 96 valence electrons. The van der Waals surface area contributed by atoms with Crippen molar-refractivity contribution in [2.75, 3.05) is 38.4 Å². The van der Waals surface area contributed by atoms with Crippen molar-refractivity contribution in [2.45, 2.75) is 19.3 Å². The average Bonchev–Trinajstić information content (AvgIpc) is 2.33. The maximum atomic E-state index is 5.51. The lowest BCUT2D eigenvalue weighted by atomic mass is 10.2. The molecule has 0 atom stereocenters. The van der Waals surface area contributed by atoms with Crippen LogP contribution in [0, 0.1) is 0 Å². The third-order valence-electron chi connectivity index (χ3n) is 2.12. The number of rotatable bonds is 8. The highest BCUT2D eigenvalue weighted by molar-refractivity contribution is 5.32. The summed E-state index contributed by atoms with van der Waals surface area (Å²) in [6.45, 7) is 1.59. The maximum Gasteiger partial charge on any atom is 0.322 e. The summed E-state index contributed by atoms with van der Waals surface area (Å²) >= 11 is 0. The molecule has 0 saturated heterocycles. The number of nitrogens with zero attached hydrogens (tertiary/aromatic N) is 3. The predicted octanol–water partition coefficient (Wildman–Crippen LogP) is 0.691. The van der Waals surface area contributed by atoms with Gasteiger partial charge in [-0.3, -0.25) is 0 Å². The van der Waals surface area contributed by atoms with Gasteiger partial charge in [-0.15, -0.1) is 0 Å². The van der Waals surface area contributed by atoms with Crippen molar-refractivity contribution in [1.82, 2.24) is 15.0 Å². The smallest absolute Gasteiger partial charge is 0.322 e. The highest BCUT2D eigenvalue weighted by Gasteiger charge is 2.03. The molecule has 1 heterocycles. The zero-order chi connectivity index (χ0) is 12.5. The van der Waals surface area contributed by atoms with Crippen molar-refractivity contribution >= 4 is 11.9 Å². The number of hydrogen-bond acceptors (Lipinski definition) is 7. The number of ether oxygens (including phenoxy) is 2. The Bertz CT molecular complexity index is 334. The van der Waals surface area contributed by atoms with Crippen LogP contribution in [0.5, 0.6) is 6.01 Å². The van der Waals surface area contributed by atoms with E-state index in [-0.39, 0.29) is 12.0 Å². The van der Waals surface area contributed by atoms with Gasteiger partial charge in [0.1, 0.15) is 0 Å². The second-order valence-electron chi connectivity index (χ2n) is 3.48. The number of nitrogen functional groups attached to an aromatic ring is 1. The standard InChI is InChI=1S/C10H19N5O2/c1-16-7-5-3-4-6-12-9-13-8(11)14-10(15-9)17-2/h3-7H2,1-2H3,(H3,11,12,13,14,15). The van der Waals surface area contributed by atoms with Gasteiger partial charge in [-0.05, 0) is 19.3 Å². The van der Waals surface area contributed by atoms with E-state index in [1.807, 2.05) is 0 Å². The topological polar surface area (TPSA) is 95.2 Å². The molecule has 0 saturated carbocycles. The Kier molecular flexibility index (Phi) is 6.02. The largest absolute Gasteiger partial charge is 0.467 e. The van der Waals surface area contributed by atoms with E-state index >= 15 is 0 Å². The number of methoxy groups -OCH3 is 2. The van der Waals surface area contributed by atoms with Gasteiger partial charge in [-0.2, -0.15) is 15.0 Å².